The van der Waals surface area contributed by atoms with Gasteiger partial charge in [0.15, 0.2) is 0 Å². The Labute approximate surface area is 102 Å². The Morgan fingerprint density at radius 3 is 2.64 bits per heavy atom. The van der Waals surface area contributed by atoms with E-state index in [1.165, 1.54) is 0 Å². The van der Waals surface area contributed by atoms with Crippen molar-refractivity contribution in [2.45, 2.75) is 6.54 Å². The van der Waals surface area contributed by atoms with E-state index in [9.17, 15) is 0 Å². The van der Waals surface area contributed by atoms with Gasteiger partial charge in [0.2, 0.25) is 0 Å². The monoisotopic (exact) mass is 297 g/mol. The molecule has 0 saturated carbocycles. The van der Waals surface area contributed by atoms with Crippen molar-refractivity contribution in [1.29, 1.82) is 0 Å². The predicted octanol–water partition coefficient (Wildman–Crippen LogP) is 3.44. The Morgan fingerprint density at radius 2 is 2.07 bits per heavy atom. The van der Waals surface area contributed by atoms with Gasteiger partial charge in [0.1, 0.15) is 5.75 Å². The van der Waals surface area contributed by atoms with Crippen LogP contribution in [-0.2, 0) is 6.54 Å². The first-order chi connectivity index (χ1) is 6.69. The molecule has 1 aromatic rings. The van der Waals surface area contributed by atoms with E-state index in [4.69, 9.17) is 27.9 Å². The summed E-state index contributed by atoms with van der Waals surface area (Å²) in [5.74, 6) is 0.597. The van der Waals surface area contributed by atoms with Crippen molar-refractivity contribution in [2.24, 2.45) is 0 Å². The molecule has 0 heterocycles. The summed E-state index contributed by atoms with van der Waals surface area (Å²) in [5.41, 5.74) is 1.67. The third-order valence-corrected chi connectivity index (χ3v) is 2.77. The zero-order chi connectivity index (χ0) is 10.6. The van der Waals surface area contributed by atoms with Crippen LogP contribution in [0.5, 0.6) is 5.75 Å². The highest BCUT2D eigenvalue weighted by Crippen LogP contribution is 2.30. The van der Waals surface area contributed by atoms with E-state index in [2.05, 4.69) is 21.2 Å². The molecule has 0 unspecified atom stereocenters. The van der Waals surface area contributed by atoms with Gasteiger partial charge in [-0.05, 0) is 11.6 Å². The van der Waals surface area contributed by atoms with Gasteiger partial charge in [0, 0.05) is 17.6 Å². The topological polar surface area (TPSA) is 21.3 Å². The number of alkyl halides is 1. The van der Waals surface area contributed by atoms with Crippen molar-refractivity contribution in [3.05, 3.63) is 27.7 Å². The van der Waals surface area contributed by atoms with Gasteiger partial charge in [-0.1, -0.05) is 39.1 Å². The highest BCUT2D eigenvalue weighted by atomic mass is 79.9. The van der Waals surface area contributed by atoms with Gasteiger partial charge < -0.3 is 10.1 Å². The Kier molecular flexibility index (Phi) is 5.02. The molecule has 0 spiro atoms. The first-order valence-corrected chi connectivity index (χ1v) is 5.85. The number of benzene rings is 1. The SMILES string of the molecule is COc1cc(Cl)c(CNCBr)cc1Cl. The molecule has 14 heavy (non-hydrogen) atoms. The highest BCUT2D eigenvalue weighted by Gasteiger charge is 2.06. The number of ether oxygens (including phenoxy) is 1. The van der Waals surface area contributed by atoms with Crippen LogP contribution in [0.3, 0.4) is 0 Å². The lowest BCUT2D eigenvalue weighted by Crippen LogP contribution is -2.10. The number of hydrogen-bond donors (Lipinski definition) is 1. The normalized spacial score (nSPS) is 10.3. The van der Waals surface area contributed by atoms with Gasteiger partial charge in [0.25, 0.3) is 0 Å². The van der Waals surface area contributed by atoms with Crippen LogP contribution in [0.15, 0.2) is 12.1 Å². The summed E-state index contributed by atoms with van der Waals surface area (Å²) < 4.78 is 5.04. The molecule has 0 aliphatic heterocycles. The molecule has 78 valence electrons. The molecule has 0 aliphatic carbocycles. The fraction of sp³-hybridized carbons (Fsp3) is 0.333. The molecule has 5 heteroatoms. The van der Waals surface area contributed by atoms with Gasteiger partial charge >= 0.3 is 0 Å². The van der Waals surface area contributed by atoms with Crippen LogP contribution >= 0.6 is 39.1 Å². The third-order valence-electron chi connectivity index (χ3n) is 1.73. The second-order valence-corrected chi connectivity index (χ2v) is 4.01. The highest BCUT2D eigenvalue weighted by molar-refractivity contribution is 9.09. The lowest BCUT2D eigenvalue weighted by atomic mass is 10.2. The minimum absolute atomic E-state index is 0.572. The first-order valence-electron chi connectivity index (χ1n) is 3.97. The number of methoxy groups -OCH3 is 1. The molecule has 0 amide bonds. The van der Waals surface area contributed by atoms with E-state index < -0.39 is 0 Å². The van der Waals surface area contributed by atoms with Crippen molar-refractivity contribution in [3.8, 4) is 5.75 Å². The van der Waals surface area contributed by atoms with Crippen LogP contribution in [-0.4, -0.2) is 12.6 Å². The number of nitrogens with one attached hydrogen (secondary N) is 1. The van der Waals surface area contributed by atoms with Crippen molar-refractivity contribution in [2.75, 3.05) is 12.6 Å². The van der Waals surface area contributed by atoms with Crippen molar-refractivity contribution >= 4 is 39.1 Å². The van der Waals surface area contributed by atoms with E-state index in [1.54, 1.807) is 19.2 Å². The smallest absolute Gasteiger partial charge is 0.138 e. The van der Waals surface area contributed by atoms with E-state index in [0.29, 0.717) is 27.8 Å². The molecule has 2 nitrogen and oxygen atoms in total. The average Bonchev–Trinajstić information content (AvgIpc) is 2.18. The molecule has 0 aromatic heterocycles. The quantitative estimate of drug-likeness (QED) is 0.679. The molecule has 1 rings (SSSR count). The molecule has 1 aromatic carbocycles. The zero-order valence-corrected chi connectivity index (χ0v) is 10.7. The largest absolute Gasteiger partial charge is 0.495 e. The van der Waals surface area contributed by atoms with Gasteiger partial charge in [-0.15, -0.1) is 0 Å². The van der Waals surface area contributed by atoms with Crippen LogP contribution in [0.4, 0.5) is 0 Å². The number of halogens is 3. The maximum Gasteiger partial charge on any atom is 0.138 e. The third kappa shape index (κ3) is 3.02. The van der Waals surface area contributed by atoms with Crippen LogP contribution in [0.2, 0.25) is 10.0 Å². The molecular weight excluding hydrogens is 289 g/mol. The van der Waals surface area contributed by atoms with Gasteiger partial charge in [-0.25, -0.2) is 0 Å². The van der Waals surface area contributed by atoms with Crippen LogP contribution in [0, 0.1) is 0 Å². The van der Waals surface area contributed by atoms with Gasteiger partial charge in [-0.2, -0.15) is 0 Å². The van der Waals surface area contributed by atoms with Crippen molar-refractivity contribution in [3.63, 3.8) is 0 Å². The summed E-state index contributed by atoms with van der Waals surface area (Å²) in [6, 6.07) is 3.52. The van der Waals surface area contributed by atoms with Crippen LogP contribution in [0.1, 0.15) is 5.56 Å². The van der Waals surface area contributed by atoms with E-state index >= 15 is 0 Å². The Hall–Kier alpha value is 0.0400. The second-order valence-electron chi connectivity index (χ2n) is 2.64. The van der Waals surface area contributed by atoms with Gasteiger partial charge in [0.05, 0.1) is 17.6 Å². The Morgan fingerprint density at radius 1 is 1.36 bits per heavy atom. The molecule has 0 bridgehead atoms. The minimum Gasteiger partial charge on any atom is -0.495 e. The molecular formula is C9H10BrCl2NO. The van der Waals surface area contributed by atoms with E-state index in [0.717, 1.165) is 5.56 Å². The summed E-state index contributed by atoms with van der Waals surface area (Å²) in [5, 5.41) is 4.33. The average molecular weight is 299 g/mol. The lowest BCUT2D eigenvalue weighted by molar-refractivity contribution is 0.415. The molecule has 0 saturated heterocycles. The van der Waals surface area contributed by atoms with Crippen molar-refractivity contribution in [1.82, 2.24) is 5.32 Å². The summed E-state index contributed by atoms with van der Waals surface area (Å²) in [6.07, 6.45) is 0. The summed E-state index contributed by atoms with van der Waals surface area (Å²) >= 11 is 15.2. The second kappa shape index (κ2) is 5.81. The minimum atomic E-state index is 0.572. The summed E-state index contributed by atoms with van der Waals surface area (Å²) in [7, 11) is 1.56. The fourth-order valence-electron chi connectivity index (χ4n) is 1.04. The summed E-state index contributed by atoms with van der Waals surface area (Å²) in [6.45, 7) is 0.674. The maximum absolute atomic E-state index is 6.02. The number of hydrogen-bond acceptors (Lipinski definition) is 2. The predicted molar refractivity (Wildman–Crippen MR) is 63.6 cm³/mol. The van der Waals surface area contributed by atoms with E-state index in [1.807, 2.05) is 0 Å². The standard InChI is InChI=1S/C9H10BrCl2NO/c1-14-9-3-7(11)6(2-8(9)12)4-13-5-10/h2-3,13H,4-5H2,1H3. The molecule has 0 aliphatic rings. The van der Waals surface area contributed by atoms with Crippen LogP contribution < -0.4 is 10.1 Å². The molecule has 0 radical (unpaired) electrons. The molecule has 1 N–H and O–H groups in total. The molecule has 0 fully saturated rings. The Bertz CT molecular complexity index is 320. The fourth-order valence-corrected chi connectivity index (χ4v) is 1.73. The molecule has 0 atom stereocenters. The van der Waals surface area contributed by atoms with E-state index in [-0.39, 0.29) is 0 Å². The zero-order valence-electron chi connectivity index (χ0n) is 7.61. The lowest BCUT2D eigenvalue weighted by Gasteiger charge is -2.08. The first kappa shape index (κ1) is 12.1. The number of rotatable bonds is 4. The maximum atomic E-state index is 6.02. The Balaban J connectivity index is 2.90. The van der Waals surface area contributed by atoms with Gasteiger partial charge in [-0.3, -0.25) is 0 Å². The van der Waals surface area contributed by atoms with Crippen molar-refractivity contribution < 1.29 is 4.74 Å². The van der Waals surface area contributed by atoms with Crippen LogP contribution in [0.25, 0.3) is 0 Å². The summed E-state index contributed by atoms with van der Waals surface area (Å²) in [4.78, 5) is 0.